The summed E-state index contributed by atoms with van der Waals surface area (Å²) in [6.07, 6.45) is 0. The van der Waals surface area contributed by atoms with Crippen LogP contribution in [0, 0.1) is 0 Å². The highest BCUT2D eigenvalue weighted by Crippen LogP contribution is 2.28. The number of nitrogen functional groups attached to an aromatic ring is 1. The van der Waals surface area contributed by atoms with Crippen LogP contribution in [-0.4, -0.2) is 48.8 Å². The van der Waals surface area contributed by atoms with Gasteiger partial charge in [-0.05, 0) is 25.1 Å². The Kier molecular flexibility index (Phi) is 3.89. The van der Waals surface area contributed by atoms with Gasteiger partial charge in [0.15, 0.2) is 11.3 Å². The van der Waals surface area contributed by atoms with Gasteiger partial charge in [-0.1, -0.05) is 0 Å². The van der Waals surface area contributed by atoms with Crippen LogP contribution in [0.25, 0.3) is 22.0 Å². The van der Waals surface area contributed by atoms with E-state index in [-0.39, 0.29) is 18.0 Å². The Balaban J connectivity index is 1.78. The molecule has 0 aliphatic carbocycles. The lowest BCUT2D eigenvalue weighted by atomic mass is 10.1. The number of benzene rings is 1. The minimum absolute atomic E-state index is 0.116. The average molecular weight is 342 g/mol. The topological polar surface area (TPSA) is 104 Å². The second-order valence-corrected chi connectivity index (χ2v) is 5.76. The Morgan fingerprint density at radius 1 is 1.24 bits per heavy atom. The van der Waals surface area contributed by atoms with E-state index in [1.165, 1.54) is 0 Å². The van der Waals surface area contributed by atoms with Crippen LogP contribution < -0.4 is 10.6 Å². The Hall–Kier alpha value is -2.87. The lowest BCUT2D eigenvalue weighted by Gasteiger charge is -2.24. The van der Waals surface area contributed by atoms with Gasteiger partial charge in [0.2, 0.25) is 0 Å². The molecule has 130 valence electrons. The molecule has 8 nitrogen and oxygen atoms in total. The van der Waals surface area contributed by atoms with Gasteiger partial charge in [-0.3, -0.25) is 0 Å². The van der Waals surface area contributed by atoms with Crippen molar-refractivity contribution in [2.45, 2.75) is 6.92 Å². The minimum atomic E-state index is -0.531. The summed E-state index contributed by atoms with van der Waals surface area (Å²) in [4.78, 5) is 22.9. The van der Waals surface area contributed by atoms with Crippen molar-refractivity contribution in [2.75, 3.05) is 43.5 Å². The van der Waals surface area contributed by atoms with Crippen molar-refractivity contribution >= 4 is 39.7 Å². The number of oxazole rings is 1. The number of esters is 1. The van der Waals surface area contributed by atoms with Crippen LogP contribution in [-0.2, 0) is 9.47 Å². The summed E-state index contributed by atoms with van der Waals surface area (Å²) < 4.78 is 16.2. The van der Waals surface area contributed by atoms with Crippen LogP contribution in [0.1, 0.15) is 17.4 Å². The third kappa shape index (κ3) is 2.85. The van der Waals surface area contributed by atoms with Crippen LogP contribution in [0.3, 0.4) is 0 Å². The standard InChI is InChI=1S/C17H18N4O4/c1-2-24-16(22)15-11(18)7-10-8-14-13(9-12(10)19-15)20-17(25-14)21-3-5-23-6-4-21/h7-9H,2-6,18H2,1H3. The summed E-state index contributed by atoms with van der Waals surface area (Å²) in [5.74, 6) is -0.531. The quantitative estimate of drug-likeness (QED) is 0.721. The second-order valence-electron chi connectivity index (χ2n) is 5.76. The average Bonchev–Trinajstić information content (AvgIpc) is 3.03. The SMILES string of the molecule is CCOC(=O)c1nc2cc3nc(N4CCOCC4)oc3cc2cc1N. The summed E-state index contributed by atoms with van der Waals surface area (Å²) in [5.41, 5.74) is 8.30. The molecular formula is C17H18N4O4. The first-order valence-electron chi connectivity index (χ1n) is 8.16. The molecule has 0 radical (unpaired) electrons. The molecule has 4 rings (SSSR count). The maximum atomic E-state index is 12.0. The number of hydrogen-bond acceptors (Lipinski definition) is 8. The normalized spacial score (nSPS) is 15.0. The van der Waals surface area contributed by atoms with Crippen LogP contribution in [0.5, 0.6) is 0 Å². The molecule has 3 heterocycles. The van der Waals surface area contributed by atoms with Gasteiger partial charge in [0.25, 0.3) is 6.01 Å². The van der Waals surface area contributed by atoms with Crippen molar-refractivity contribution in [3.63, 3.8) is 0 Å². The van der Waals surface area contributed by atoms with Crippen LogP contribution in [0.4, 0.5) is 11.7 Å². The molecule has 2 N–H and O–H groups in total. The lowest BCUT2D eigenvalue weighted by molar-refractivity contribution is 0.0521. The van der Waals surface area contributed by atoms with Gasteiger partial charge in [-0.15, -0.1) is 0 Å². The first kappa shape index (κ1) is 15.6. The molecule has 0 atom stereocenters. The van der Waals surface area contributed by atoms with Gasteiger partial charge in [0.1, 0.15) is 5.52 Å². The molecule has 1 saturated heterocycles. The Morgan fingerprint density at radius 3 is 2.80 bits per heavy atom. The van der Waals surface area contributed by atoms with E-state index in [4.69, 9.17) is 19.6 Å². The Bertz CT molecular complexity index is 947. The first-order valence-corrected chi connectivity index (χ1v) is 8.16. The predicted octanol–water partition coefficient (Wildman–Crippen LogP) is 1.97. The van der Waals surface area contributed by atoms with E-state index in [0.717, 1.165) is 18.5 Å². The Labute approximate surface area is 143 Å². The number of pyridine rings is 1. The van der Waals surface area contributed by atoms with E-state index in [0.29, 0.717) is 35.8 Å². The number of anilines is 2. The number of carbonyl (C=O) groups is 1. The highest BCUT2D eigenvalue weighted by Gasteiger charge is 2.19. The molecule has 1 aliphatic rings. The van der Waals surface area contributed by atoms with Crippen LogP contribution in [0.2, 0.25) is 0 Å². The van der Waals surface area contributed by atoms with Crippen molar-refractivity contribution in [3.8, 4) is 0 Å². The van der Waals surface area contributed by atoms with Crippen LogP contribution >= 0.6 is 0 Å². The number of morpholine rings is 1. The fourth-order valence-electron chi connectivity index (χ4n) is 2.85. The third-order valence-corrected chi connectivity index (χ3v) is 4.09. The van der Waals surface area contributed by atoms with E-state index >= 15 is 0 Å². The van der Waals surface area contributed by atoms with Gasteiger partial charge in [-0.2, -0.15) is 4.98 Å². The molecule has 0 saturated carbocycles. The molecule has 8 heteroatoms. The Morgan fingerprint density at radius 2 is 2.04 bits per heavy atom. The molecule has 1 aliphatic heterocycles. The number of nitrogens with two attached hydrogens (primary N) is 1. The number of hydrogen-bond donors (Lipinski definition) is 1. The molecule has 0 spiro atoms. The van der Waals surface area contributed by atoms with Gasteiger partial charge in [-0.25, -0.2) is 9.78 Å². The fraction of sp³-hybridized carbons (Fsp3) is 0.353. The largest absolute Gasteiger partial charge is 0.461 e. The van der Waals surface area contributed by atoms with Gasteiger partial charge < -0.3 is 24.5 Å². The molecule has 0 bridgehead atoms. The predicted molar refractivity (Wildman–Crippen MR) is 92.7 cm³/mol. The van der Waals surface area contributed by atoms with Gasteiger partial charge in [0.05, 0.1) is 31.0 Å². The number of aromatic nitrogens is 2. The van der Waals surface area contributed by atoms with E-state index in [9.17, 15) is 4.79 Å². The van der Waals surface area contributed by atoms with E-state index in [1.54, 1.807) is 19.1 Å². The van der Waals surface area contributed by atoms with Crippen molar-refractivity contribution in [1.29, 1.82) is 0 Å². The van der Waals surface area contributed by atoms with Crippen molar-refractivity contribution in [3.05, 3.63) is 23.9 Å². The zero-order valence-electron chi connectivity index (χ0n) is 13.8. The summed E-state index contributed by atoms with van der Waals surface area (Å²) in [6, 6.07) is 5.89. The van der Waals surface area contributed by atoms with Crippen molar-refractivity contribution in [2.24, 2.45) is 0 Å². The molecular weight excluding hydrogens is 324 g/mol. The molecule has 3 aromatic rings. The zero-order chi connectivity index (χ0) is 17.4. The van der Waals surface area contributed by atoms with E-state index in [2.05, 4.69) is 9.97 Å². The highest BCUT2D eigenvalue weighted by molar-refractivity contribution is 6.00. The molecule has 2 aromatic heterocycles. The zero-order valence-corrected chi connectivity index (χ0v) is 13.8. The number of rotatable bonds is 3. The molecule has 0 amide bonds. The monoisotopic (exact) mass is 342 g/mol. The lowest BCUT2D eigenvalue weighted by Crippen LogP contribution is -2.36. The third-order valence-electron chi connectivity index (χ3n) is 4.09. The first-order chi connectivity index (χ1) is 12.2. The smallest absolute Gasteiger partial charge is 0.359 e. The maximum Gasteiger partial charge on any atom is 0.359 e. The summed E-state index contributed by atoms with van der Waals surface area (Å²) >= 11 is 0. The summed E-state index contributed by atoms with van der Waals surface area (Å²) in [6.45, 7) is 4.79. The fourth-order valence-corrected chi connectivity index (χ4v) is 2.85. The molecule has 1 aromatic carbocycles. The number of carbonyl (C=O) groups excluding carboxylic acids is 1. The van der Waals surface area contributed by atoms with E-state index < -0.39 is 5.97 Å². The molecule has 1 fully saturated rings. The van der Waals surface area contributed by atoms with Crippen molar-refractivity contribution < 1.29 is 18.7 Å². The molecule has 25 heavy (non-hydrogen) atoms. The van der Waals surface area contributed by atoms with Gasteiger partial charge >= 0.3 is 5.97 Å². The molecule has 0 unspecified atom stereocenters. The summed E-state index contributed by atoms with van der Waals surface area (Å²) in [7, 11) is 0. The number of fused-ring (bicyclic) bond motifs is 2. The number of ether oxygens (including phenoxy) is 2. The van der Waals surface area contributed by atoms with E-state index in [1.807, 2.05) is 11.0 Å². The van der Waals surface area contributed by atoms with Crippen molar-refractivity contribution in [1.82, 2.24) is 9.97 Å². The van der Waals surface area contributed by atoms with Crippen LogP contribution in [0.15, 0.2) is 22.6 Å². The minimum Gasteiger partial charge on any atom is -0.461 e. The maximum absolute atomic E-state index is 12.0. The number of nitrogens with zero attached hydrogens (tertiary/aromatic N) is 3. The van der Waals surface area contributed by atoms with Gasteiger partial charge in [0, 0.05) is 18.5 Å². The second kappa shape index (κ2) is 6.21. The highest BCUT2D eigenvalue weighted by atomic mass is 16.5. The summed E-state index contributed by atoms with van der Waals surface area (Å²) in [5, 5.41) is 0.780.